The topological polar surface area (TPSA) is 40.5 Å². The molecule has 1 atom stereocenters. The molecule has 0 heterocycles. The van der Waals surface area contributed by atoms with E-state index in [0.717, 1.165) is 36.3 Å². The molecular formula is C18H27F2NO2. The van der Waals surface area contributed by atoms with Crippen molar-refractivity contribution >= 4 is 12.1 Å². The number of carbonyl (C=O) groups excluding carboxylic acids is 1. The minimum Gasteiger partial charge on any atom is -0.391 e. The molecule has 1 aromatic rings. The normalized spacial score (nSPS) is 12.2. The number of hydrogen-bond acceptors (Lipinski definition) is 2. The Morgan fingerprint density at radius 1 is 1.09 bits per heavy atom. The van der Waals surface area contributed by atoms with Gasteiger partial charge in [0.1, 0.15) is 17.3 Å². The van der Waals surface area contributed by atoms with Crippen LogP contribution in [0.4, 0.5) is 14.5 Å². The van der Waals surface area contributed by atoms with Crippen LogP contribution in [0, 0.1) is 11.6 Å². The lowest BCUT2D eigenvalue weighted by molar-refractivity contribution is -0.107. The minimum absolute atomic E-state index is 0.100. The summed E-state index contributed by atoms with van der Waals surface area (Å²) in [6, 6.07) is 3.43. The van der Waals surface area contributed by atoms with Crippen LogP contribution in [0.15, 0.2) is 18.2 Å². The standard InChI is InChI=1S/C18H27F2NO2/c1-2-3-4-5-6-7-8-10-15(23)13-21(14-22)18-16(19)11-9-12-17(18)20/h9,11-12,14-15,23H,2-8,10,13H2,1H3. The third-order valence-electron chi connectivity index (χ3n) is 3.90. The van der Waals surface area contributed by atoms with Crippen LogP contribution < -0.4 is 4.90 Å². The first-order valence-corrected chi connectivity index (χ1v) is 8.44. The molecule has 1 rings (SSSR count). The van der Waals surface area contributed by atoms with Crippen molar-refractivity contribution in [1.29, 1.82) is 0 Å². The highest BCUT2D eigenvalue weighted by atomic mass is 19.1. The summed E-state index contributed by atoms with van der Waals surface area (Å²) >= 11 is 0. The van der Waals surface area contributed by atoms with E-state index in [1.54, 1.807) is 0 Å². The number of anilines is 1. The van der Waals surface area contributed by atoms with Crippen molar-refractivity contribution in [3.8, 4) is 0 Å². The molecule has 3 nitrogen and oxygen atoms in total. The van der Waals surface area contributed by atoms with E-state index in [4.69, 9.17) is 0 Å². The molecule has 1 amide bonds. The van der Waals surface area contributed by atoms with E-state index in [2.05, 4.69) is 6.92 Å². The molecule has 0 saturated carbocycles. The van der Waals surface area contributed by atoms with Gasteiger partial charge in [-0.1, -0.05) is 57.9 Å². The second-order valence-electron chi connectivity index (χ2n) is 5.89. The predicted molar refractivity (Wildman–Crippen MR) is 88.4 cm³/mol. The lowest BCUT2D eigenvalue weighted by Gasteiger charge is -2.22. The lowest BCUT2D eigenvalue weighted by Crippen LogP contribution is -2.32. The molecule has 0 saturated heterocycles. The summed E-state index contributed by atoms with van der Waals surface area (Å²) in [7, 11) is 0. The van der Waals surface area contributed by atoms with Crippen LogP contribution in [0.5, 0.6) is 0 Å². The van der Waals surface area contributed by atoms with E-state index >= 15 is 0 Å². The smallest absolute Gasteiger partial charge is 0.214 e. The fourth-order valence-corrected chi connectivity index (χ4v) is 2.61. The predicted octanol–water partition coefficient (Wildman–Crippen LogP) is 4.43. The Morgan fingerprint density at radius 2 is 1.65 bits per heavy atom. The van der Waals surface area contributed by atoms with Crippen LogP contribution in [0.2, 0.25) is 0 Å². The quantitative estimate of drug-likeness (QED) is 0.456. The number of amides is 1. The zero-order chi connectivity index (χ0) is 17.1. The zero-order valence-electron chi connectivity index (χ0n) is 13.8. The average Bonchev–Trinajstić information content (AvgIpc) is 2.52. The molecule has 1 unspecified atom stereocenters. The van der Waals surface area contributed by atoms with Gasteiger partial charge in [-0.15, -0.1) is 0 Å². The SMILES string of the molecule is CCCCCCCCCC(O)CN(C=O)c1c(F)cccc1F. The maximum Gasteiger partial charge on any atom is 0.214 e. The van der Waals surface area contributed by atoms with Crippen LogP contribution >= 0.6 is 0 Å². The van der Waals surface area contributed by atoms with Gasteiger partial charge in [-0.25, -0.2) is 8.78 Å². The van der Waals surface area contributed by atoms with Crippen molar-refractivity contribution in [3.05, 3.63) is 29.8 Å². The van der Waals surface area contributed by atoms with Gasteiger partial charge in [0.25, 0.3) is 0 Å². The molecule has 0 spiro atoms. The molecular weight excluding hydrogens is 300 g/mol. The Kier molecular flexibility index (Phi) is 9.45. The summed E-state index contributed by atoms with van der Waals surface area (Å²) in [6.07, 6.45) is 8.01. The molecule has 0 aliphatic carbocycles. The van der Waals surface area contributed by atoms with Crippen molar-refractivity contribution in [2.24, 2.45) is 0 Å². The Labute approximate surface area is 137 Å². The number of halogens is 2. The van der Waals surface area contributed by atoms with Gasteiger partial charge in [-0.05, 0) is 18.6 Å². The first-order chi connectivity index (χ1) is 11.1. The average molecular weight is 327 g/mol. The van der Waals surface area contributed by atoms with Crippen molar-refractivity contribution in [2.45, 2.75) is 64.4 Å². The largest absolute Gasteiger partial charge is 0.391 e. The molecule has 23 heavy (non-hydrogen) atoms. The van der Waals surface area contributed by atoms with Gasteiger partial charge >= 0.3 is 0 Å². The molecule has 1 N–H and O–H groups in total. The fourth-order valence-electron chi connectivity index (χ4n) is 2.61. The van der Waals surface area contributed by atoms with Crippen molar-refractivity contribution in [1.82, 2.24) is 0 Å². The summed E-state index contributed by atoms with van der Waals surface area (Å²) in [5.74, 6) is -1.61. The Bertz CT molecular complexity index is 448. The number of benzene rings is 1. The first-order valence-electron chi connectivity index (χ1n) is 8.44. The third kappa shape index (κ3) is 7.08. The maximum atomic E-state index is 13.7. The highest BCUT2D eigenvalue weighted by Crippen LogP contribution is 2.22. The summed E-state index contributed by atoms with van der Waals surface area (Å²) < 4.78 is 27.3. The summed E-state index contributed by atoms with van der Waals surface area (Å²) in [6.45, 7) is 2.07. The molecule has 0 aliphatic rings. The molecule has 0 aromatic heterocycles. The van der Waals surface area contributed by atoms with E-state index in [9.17, 15) is 18.7 Å². The van der Waals surface area contributed by atoms with E-state index in [-0.39, 0.29) is 6.54 Å². The van der Waals surface area contributed by atoms with Crippen LogP contribution in [-0.4, -0.2) is 24.2 Å². The van der Waals surface area contributed by atoms with Gasteiger partial charge in [0.15, 0.2) is 0 Å². The number of nitrogens with zero attached hydrogens (tertiary/aromatic N) is 1. The molecule has 1 aromatic carbocycles. The zero-order valence-corrected chi connectivity index (χ0v) is 13.8. The molecule has 0 bridgehead atoms. The van der Waals surface area contributed by atoms with E-state index in [1.807, 2.05) is 0 Å². The van der Waals surface area contributed by atoms with E-state index < -0.39 is 23.4 Å². The highest BCUT2D eigenvalue weighted by Gasteiger charge is 2.18. The summed E-state index contributed by atoms with van der Waals surface area (Å²) in [5.41, 5.74) is -0.402. The van der Waals surface area contributed by atoms with Gasteiger partial charge in [-0.2, -0.15) is 0 Å². The monoisotopic (exact) mass is 327 g/mol. The van der Waals surface area contributed by atoms with Gasteiger partial charge < -0.3 is 10.0 Å². The number of para-hydroxylation sites is 1. The fraction of sp³-hybridized carbons (Fsp3) is 0.611. The van der Waals surface area contributed by atoms with Crippen LogP contribution in [0.25, 0.3) is 0 Å². The van der Waals surface area contributed by atoms with E-state index in [0.29, 0.717) is 12.8 Å². The summed E-state index contributed by atoms with van der Waals surface area (Å²) in [4.78, 5) is 12.0. The number of aliphatic hydroxyl groups is 1. The maximum absolute atomic E-state index is 13.7. The third-order valence-corrected chi connectivity index (χ3v) is 3.90. The second kappa shape index (κ2) is 11.1. The number of hydrogen-bond donors (Lipinski definition) is 1. The Balaban J connectivity index is 2.37. The number of unbranched alkanes of at least 4 members (excludes halogenated alkanes) is 6. The van der Waals surface area contributed by atoms with E-state index in [1.165, 1.54) is 31.7 Å². The minimum atomic E-state index is -0.805. The molecule has 0 aliphatic heterocycles. The summed E-state index contributed by atoms with van der Waals surface area (Å²) in [5, 5.41) is 9.99. The number of carbonyl (C=O) groups is 1. The highest BCUT2D eigenvalue weighted by molar-refractivity contribution is 5.75. The van der Waals surface area contributed by atoms with Crippen LogP contribution in [0.1, 0.15) is 58.3 Å². The van der Waals surface area contributed by atoms with Crippen molar-refractivity contribution in [3.63, 3.8) is 0 Å². The second-order valence-corrected chi connectivity index (χ2v) is 5.89. The molecule has 5 heteroatoms. The lowest BCUT2D eigenvalue weighted by atomic mass is 10.1. The molecule has 130 valence electrons. The molecule has 0 fully saturated rings. The first kappa shape index (κ1) is 19.6. The van der Waals surface area contributed by atoms with Gasteiger partial charge in [0, 0.05) is 0 Å². The van der Waals surface area contributed by atoms with Crippen LogP contribution in [-0.2, 0) is 4.79 Å². The van der Waals surface area contributed by atoms with Gasteiger partial charge in [-0.3, -0.25) is 4.79 Å². The number of rotatable bonds is 12. The molecule has 0 radical (unpaired) electrons. The van der Waals surface area contributed by atoms with Gasteiger partial charge in [0.05, 0.1) is 12.6 Å². The van der Waals surface area contributed by atoms with Crippen LogP contribution in [0.3, 0.4) is 0 Å². The van der Waals surface area contributed by atoms with Gasteiger partial charge in [0.2, 0.25) is 6.41 Å². The Morgan fingerprint density at radius 3 is 2.22 bits per heavy atom. The Hall–Kier alpha value is -1.49. The van der Waals surface area contributed by atoms with Crippen molar-refractivity contribution in [2.75, 3.05) is 11.4 Å². The van der Waals surface area contributed by atoms with Crippen molar-refractivity contribution < 1.29 is 18.7 Å². The number of aliphatic hydroxyl groups excluding tert-OH is 1.